The van der Waals surface area contributed by atoms with E-state index in [-0.39, 0.29) is 30.0 Å². The Labute approximate surface area is 232 Å². The number of hydrogen-bond donors (Lipinski definition) is 2. The quantitative estimate of drug-likeness (QED) is 0.276. The van der Waals surface area contributed by atoms with E-state index in [9.17, 15) is 23.1 Å². The van der Waals surface area contributed by atoms with Crippen LogP contribution < -0.4 is 5.32 Å². The minimum Gasteiger partial charge on any atom is -0.480 e. The van der Waals surface area contributed by atoms with Crippen LogP contribution in [0.15, 0.2) is 108 Å². The summed E-state index contributed by atoms with van der Waals surface area (Å²) in [5.41, 5.74) is 2.26. The zero-order valence-corrected chi connectivity index (χ0v) is 22.3. The molecule has 1 atom stereocenters. The van der Waals surface area contributed by atoms with Gasteiger partial charge in [-0.2, -0.15) is 4.31 Å². The molecule has 0 aliphatic heterocycles. The van der Waals surface area contributed by atoms with Crippen molar-refractivity contribution >= 4 is 33.5 Å². The summed E-state index contributed by atoms with van der Waals surface area (Å²) in [5.74, 6) is -1.68. The minimum atomic E-state index is -3.91. The smallest absolute Gasteiger partial charge is 0.326 e. The number of rotatable bonds is 11. The van der Waals surface area contributed by atoms with Crippen LogP contribution in [-0.2, 0) is 34.3 Å². The number of amides is 1. The number of hydrogen-bond acceptors (Lipinski definition) is 5. The van der Waals surface area contributed by atoms with Crippen LogP contribution in [0.5, 0.6) is 0 Å². The fourth-order valence-electron chi connectivity index (χ4n) is 3.91. The Morgan fingerprint density at radius 1 is 0.846 bits per heavy atom. The Morgan fingerprint density at radius 3 is 2.13 bits per heavy atom. The first-order valence-electron chi connectivity index (χ1n) is 12.0. The lowest BCUT2D eigenvalue weighted by molar-refractivity contribution is -0.139. The van der Waals surface area contributed by atoms with E-state index in [1.807, 2.05) is 6.07 Å². The third-order valence-electron chi connectivity index (χ3n) is 5.98. The summed E-state index contributed by atoms with van der Waals surface area (Å²) in [6, 6.07) is 25.5. The number of carboxylic acids is 1. The molecule has 0 aliphatic rings. The molecule has 3 aromatic carbocycles. The summed E-state index contributed by atoms with van der Waals surface area (Å²) in [7, 11) is -3.91. The van der Waals surface area contributed by atoms with Crippen LogP contribution in [0.1, 0.15) is 27.2 Å². The van der Waals surface area contributed by atoms with E-state index in [0.717, 1.165) is 5.56 Å². The van der Waals surface area contributed by atoms with Gasteiger partial charge in [-0.3, -0.25) is 9.78 Å². The highest BCUT2D eigenvalue weighted by molar-refractivity contribution is 7.89. The SMILES string of the molecule is O=C(N[C@@H](Cc1ccccc1)C(=O)O)c1ccc(CN(Cc2ccccn2)S(=O)(=O)c2ccc(Cl)cc2)cc1. The van der Waals surface area contributed by atoms with Crippen molar-refractivity contribution in [2.75, 3.05) is 0 Å². The first kappa shape index (κ1) is 28.0. The summed E-state index contributed by atoms with van der Waals surface area (Å²) in [4.78, 5) is 28.9. The van der Waals surface area contributed by atoms with E-state index in [1.165, 1.54) is 28.6 Å². The fraction of sp³-hybridized carbons (Fsp3) is 0.138. The van der Waals surface area contributed by atoms with Crippen molar-refractivity contribution in [2.24, 2.45) is 0 Å². The zero-order valence-electron chi connectivity index (χ0n) is 20.8. The standard InChI is InChI=1S/C29H26ClN3O5S/c30-24-13-15-26(16-14-24)39(37,38)33(20-25-8-4-5-17-31-25)19-22-9-11-23(12-10-22)28(34)32-27(29(35)36)18-21-6-2-1-3-7-21/h1-17,27H,18-20H2,(H,32,34)(H,35,36)/t27-/m0/s1. The van der Waals surface area contributed by atoms with E-state index >= 15 is 0 Å². The number of carboxylic acid groups (broad SMARTS) is 1. The van der Waals surface area contributed by atoms with Crippen molar-refractivity contribution in [3.63, 3.8) is 0 Å². The second kappa shape index (κ2) is 12.7. The van der Waals surface area contributed by atoms with Gasteiger partial charge in [0.25, 0.3) is 5.91 Å². The van der Waals surface area contributed by atoms with Crippen LogP contribution in [0, 0.1) is 0 Å². The van der Waals surface area contributed by atoms with Crippen LogP contribution in [0.3, 0.4) is 0 Å². The van der Waals surface area contributed by atoms with Gasteiger partial charge in [-0.1, -0.05) is 60.1 Å². The molecule has 4 rings (SSSR count). The van der Waals surface area contributed by atoms with Crippen molar-refractivity contribution in [2.45, 2.75) is 30.4 Å². The molecule has 8 nitrogen and oxygen atoms in total. The number of pyridine rings is 1. The topological polar surface area (TPSA) is 117 Å². The molecule has 39 heavy (non-hydrogen) atoms. The Morgan fingerprint density at radius 2 is 1.51 bits per heavy atom. The lowest BCUT2D eigenvalue weighted by Gasteiger charge is -2.22. The Hall–Kier alpha value is -4.05. The number of benzene rings is 3. The van der Waals surface area contributed by atoms with Gasteiger partial charge in [-0.15, -0.1) is 0 Å². The average Bonchev–Trinajstić information content (AvgIpc) is 2.94. The van der Waals surface area contributed by atoms with Crippen molar-refractivity contribution in [1.82, 2.24) is 14.6 Å². The van der Waals surface area contributed by atoms with Gasteiger partial charge in [0, 0.05) is 29.7 Å². The Bertz CT molecular complexity index is 1520. The number of halogens is 1. The summed E-state index contributed by atoms with van der Waals surface area (Å²) >= 11 is 5.95. The molecule has 0 bridgehead atoms. The fourth-order valence-corrected chi connectivity index (χ4v) is 5.44. The van der Waals surface area contributed by atoms with Crippen LogP contribution in [0.2, 0.25) is 5.02 Å². The van der Waals surface area contributed by atoms with E-state index in [2.05, 4.69) is 10.3 Å². The summed E-state index contributed by atoms with van der Waals surface area (Å²) < 4.78 is 28.3. The van der Waals surface area contributed by atoms with Crippen molar-refractivity contribution in [1.29, 1.82) is 0 Å². The number of aliphatic carboxylic acids is 1. The number of carbonyl (C=O) groups is 2. The van der Waals surface area contributed by atoms with Crippen LogP contribution in [0.25, 0.3) is 0 Å². The van der Waals surface area contributed by atoms with Crippen LogP contribution in [0.4, 0.5) is 0 Å². The number of nitrogens with one attached hydrogen (secondary N) is 1. The molecule has 0 radical (unpaired) electrons. The molecule has 1 aromatic heterocycles. The minimum absolute atomic E-state index is 0.0230. The number of sulfonamides is 1. The highest BCUT2D eigenvalue weighted by Crippen LogP contribution is 2.22. The highest BCUT2D eigenvalue weighted by Gasteiger charge is 2.26. The molecular weight excluding hydrogens is 538 g/mol. The van der Waals surface area contributed by atoms with Gasteiger partial charge in [0.15, 0.2) is 0 Å². The summed E-state index contributed by atoms with van der Waals surface area (Å²) in [6.45, 7) is 0.0585. The normalized spacial score (nSPS) is 12.2. The maximum absolute atomic E-state index is 13.5. The third-order valence-corrected chi connectivity index (χ3v) is 8.03. The zero-order chi connectivity index (χ0) is 27.8. The lowest BCUT2D eigenvalue weighted by Crippen LogP contribution is -2.42. The van der Waals surface area contributed by atoms with Crippen LogP contribution >= 0.6 is 11.6 Å². The van der Waals surface area contributed by atoms with E-state index in [4.69, 9.17) is 11.6 Å². The molecule has 1 amide bonds. The van der Waals surface area contributed by atoms with Gasteiger partial charge >= 0.3 is 5.97 Å². The molecular formula is C29H26ClN3O5S. The monoisotopic (exact) mass is 563 g/mol. The molecule has 0 unspecified atom stereocenters. The maximum Gasteiger partial charge on any atom is 0.326 e. The molecule has 0 saturated carbocycles. The van der Waals surface area contributed by atoms with Gasteiger partial charge in [-0.05, 0) is 59.7 Å². The molecule has 0 aliphatic carbocycles. The lowest BCUT2D eigenvalue weighted by atomic mass is 10.1. The Balaban J connectivity index is 1.51. The third kappa shape index (κ3) is 7.51. The van der Waals surface area contributed by atoms with Crippen molar-refractivity contribution in [3.05, 3.63) is 131 Å². The second-order valence-electron chi connectivity index (χ2n) is 8.80. The predicted octanol–water partition coefficient (Wildman–Crippen LogP) is 4.55. The van der Waals surface area contributed by atoms with Gasteiger partial charge in [0.2, 0.25) is 10.0 Å². The van der Waals surface area contributed by atoms with Crippen molar-refractivity contribution in [3.8, 4) is 0 Å². The Kier molecular flexibility index (Phi) is 9.08. The summed E-state index contributed by atoms with van der Waals surface area (Å²) in [6.07, 6.45) is 1.74. The van der Waals surface area contributed by atoms with E-state index < -0.39 is 27.9 Å². The van der Waals surface area contributed by atoms with Crippen molar-refractivity contribution < 1.29 is 23.1 Å². The molecule has 0 fully saturated rings. The molecule has 10 heteroatoms. The van der Waals surface area contributed by atoms with Crippen LogP contribution in [-0.4, -0.2) is 40.7 Å². The maximum atomic E-state index is 13.5. The van der Waals surface area contributed by atoms with E-state index in [0.29, 0.717) is 16.3 Å². The highest BCUT2D eigenvalue weighted by atomic mass is 35.5. The molecule has 0 spiro atoms. The summed E-state index contributed by atoms with van der Waals surface area (Å²) in [5, 5.41) is 12.6. The number of aromatic nitrogens is 1. The molecule has 200 valence electrons. The molecule has 1 heterocycles. The van der Waals surface area contributed by atoms with E-state index in [1.54, 1.807) is 72.9 Å². The molecule has 4 aromatic rings. The predicted molar refractivity (Wildman–Crippen MR) is 148 cm³/mol. The molecule has 2 N–H and O–H groups in total. The van der Waals surface area contributed by atoms with Gasteiger partial charge < -0.3 is 10.4 Å². The number of carbonyl (C=O) groups excluding carboxylic acids is 1. The van der Waals surface area contributed by atoms with Gasteiger partial charge in [0.1, 0.15) is 6.04 Å². The first-order chi connectivity index (χ1) is 18.7. The second-order valence-corrected chi connectivity index (χ2v) is 11.2. The average molecular weight is 564 g/mol. The number of nitrogens with zero attached hydrogens (tertiary/aromatic N) is 2. The first-order valence-corrected chi connectivity index (χ1v) is 13.9. The van der Waals surface area contributed by atoms with Gasteiger partial charge in [-0.25, -0.2) is 13.2 Å². The largest absolute Gasteiger partial charge is 0.480 e. The molecule has 0 saturated heterocycles. The van der Waals surface area contributed by atoms with Gasteiger partial charge in [0.05, 0.1) is 17.1 Å².